The van der Waals surface area contributed by atoms with Gasteiger partial charge >= 0.3 is 16.8 Å². The monoisotopic (exact) mass is 540 g/mol. The van der Waals surface area contributed by atoms with Crippen LogP contribution in [0.15, 0.2) is 97.6 Å². The van der Waals surface area contributed by atoms with Gasteiger partial charge in [0.05, 0.1) is 0 Å². The third-order valence-electron chi connectivity index (χ3n) is 3.17. The molecule has 0 unspecified atom stereocenters. The van der Waals surface area contributed by atoms with Gasteiger partial charge in [-0.3, -0.25) is 0 Å². The largest absolute Gasteiger partial charge is 3.00 e. The third kappa shape index (κ3) is 12.9. The van der Waals surface area contributed by atoms with Gasteiger partial charge < -0.3 is 42.6 Å². The maximum Gasteiger partial charge on any atom is 3.00 e. The Hall–Kier alpha value is -3.54. The molecule has 0 amide bonds. The second kappa shape index (κ2) is 17.2. The molecule has 0 atom stereocenters. The van der Waals surface area contributed by atoms with E-state index in [-0.39, 0.29) is 33.8 Å². The maximum absolute atomic E-state index is 8.33. The molecule has 0 bridgehead atoms. The minimum atomic E-state index is -2.33. The zero-order chi connectivity index (χ0) is 21.4. The number of hydrogen-bond donors (Lipinski definition) is 2. The summed E-state index contributed by atoms with van der Waals surface area (Å²) >= 11 is 0. The summed E-state index contributed by atoms with van der Waals surface area (Å²) in [5.74, 6) is 3.23. The van der Waals surface area contributed by atoms with E-state index in [1.165, 1.54) is 0 Å². The first-order chi connectivity index (χ1) is 14.6. The number of halogens is 1. The van der Waals surface area contributed by atoms with Gasteiger partial charge in [0, 0.05) is 24.8 Å². The molecule has 0 aromatic carbocycles. The summed E-state index contributed by atoms with van der Waals surface area (Å²) in [4.78, 5) is 24.8. The summed E-state index contributed by atoms with van der Waals surface area (Å²) in [6, 6.07) is 22.8. The molecule has 0 spiro atoms. The predicted molar refractivity (Wildman–Crippen MR) is 109 cm³/mol. The Kier molecular flexibility index (Phi) is 15.3. The molecule has 0 aliphatic heterocycles. The van der Waals surface area contributed by atoms with E-state index in [1.807, 2.05) is 72.8 Å². The molecule has 4 aromatic rings. The molecule has 32 heavy (non-hydrogen) atoms. The number of rotatable bonds is 4. The summed E-state index contributed by atoms with van der Waals surface area (Å²) in [6.07, 6.45) is 4.63. The van der Waals surface area contributed by atoms with Crippen LogP contribution >= 0.6 is 0 Å². The fourth-order valence-electron chi connectivity index (χ4n) is 2.01. The number of pyridine rings is 4. The number of carboxylic acid groups (broad SMARTS) is 2. The van der Waals surface area contributed by atoms with Gasteiger partial charge in [0.25, 0.3) is 0 Å². The number of carbonyl (C=O) groups excluding carboxylic acids is 1. The van der Waals surface area contributed by atoms with Crippen LogP contribution in [0.4, 0.5) is 28.1 Å². The molecule has 9 nitrogen and oxygen atoms in total. The standard InChI is InChI=1S/2C10H9N3.CH2O3.BrH.Co/c2*1-3-7-11-9(5-1)13-10-6-2-4-8-12-10;2-1(3)4;;/h2*1-8H,(H,11,12,13);(H2,2,3,4);1H;/q;;;;+3/p-3. The minimum absolute atomic E-state index is 0. The molecule has 4 aromatic heterocycles. The molecule has 166 valence electrons. The number of aromatic nitrogens is 4. The molecular formula is C21H18BrCoN6O3. The average molecular weight is 541 g/mol. The van der Waals surface area contributed by atoms with Crippen LogP contribution in [0.3, 0.4) is 0 Å². The van der Waals surface area contributed by atoms with Crippen molar-refractivity contribution in [3.8, 4) is 0 Å². The van der Waals surface area contributed by atoms with Crippen molar-refractivity contribution < 1.29 is 48.8 Å². The van der Waals surface area contributed by atoms with E-state index in [0.29, 0.717) is 0 Å². The Morgan fingerprint density at radius 2 is 0.781 bits per heavy atom. The zero-order valence-corrected chi connectivity index (χ0v) is 19.1. The van der Waals surface area contributed by atoms with E-state index < -0.39 is 6.16 Å². The van der Waals surface area contributed by atoms with Crippen molar-refractivity contribution in [3.05, 3.63) is 97.6 Å². The fraction of sp³-hybridized carbons (Fsp3) is 0. The van der Waals surface area contributed by atoms with E-state index >= 15 is 0 Å². The Morgan fingerprint density at radius 1 is 0.562 bits per heavy atom. The first kappa shape index (κ1) is 28.5. The Labute approximate surface area is 206 Å². The SMILES string of the molecule is O=C([O-])[O-].[Br-].[Co+3].c1ccc(Nc2ccccn2)nc1.c1ccc(Nc2ccccn2)nc1. The molecule has 4 rings (SSSR count). The number of carbonyl (C=O) groups is 1. The average Bonchev–Trinajstić information content (AvgIpc) is 2.77. The van der Waals surface area contributed by atoms with Gasteiger partial charge in [-0.05, 0) is 54.7 Å². The van der Waals surface area contributed by atoms with Gasteiger partial charge in [-0.2, -0.15) is 0 Å². The Balaban J connectivity index is 0.000000490. The van der Waals surface area contributed by atoms with Gasteiger partial charge in [0.15, 0.2) is 0 Å². The molecule has 4 heterocycles. The molecule has 0 saturated carbocycles. The Morgan fingerprint density at radius 3 is 0.938 bits per heavy atom. The van der Waals surface area contributed by atoms with Crippen molar-refractivity contribution in [1.29, 1.82) is 0 Å². The quantitative estimate of drug-likeness (QED) is 0.333. The minimum Gasteiger partial charge on any atom is -1.00 e. The third-order valence-corrected chi connectivity index (χ3v) is 3.17. The zero-order valence-electron chi connectivity index (χ0n) is 16.5. The van der Waals surface area contributed by atoms with Crippen molar-refractivity contribution >= 4 is 29.4 Å². The second-order valence-corrected chi connectivity index (χ2v) is 5.36. The van der Waals surface area contributed by atoms with E-state index in [0.717, 1.165) is 23.3 Å². The van der Waals surface area contributed by atoms with Crippen molar-refractivity contribution in [2.24, 2.45) is 0 Å². The van der Waals surface area contributed by atoms with Crippen molar-refractivity contribution in [3.63, 3.8) is 0 Å². The van der Waals surface area contributed by atoms with Crippen LogP contribution in [0.2, 0.25) is 0 Å². The van der Waals surface area contributed by atoms with Crippen LogP contribution < -0.4 is 37.8 Å². The first-order valence-electron chi connectivity index (χ1n) is 8.69. The van der Waals surface area contributed by atoms with E-state index in [2.05, 4.69) is 30.6 Å². The van der Waals surface area contributed by atoms with Gasteiger partial charge in [0.1, 0.15) is 23.3 Å². The normalized spacial score (nSPS) is 8.50. The van der Waals surface area contributed by atoms with Gasteiger partial charge in [-0.25, -0.2) is 19.9 Å². The number of nitrogens with zero attached hydrogens (tertiary/aromatic N) is 4. The first-order valence-corrected chi connectivity index (χ1v) is 8.69. The summed E-state index contributed by atoms with van der Waals surface area (Å²) < 4.78 is 0. The molecule has 0 fully saturated rings. The predicted octanol–water partition coefficient (Wildman–Crippen LogP) is -1.01. The topological polar surface area (TPSA) is 139 Å². The Bertz CT molecular complexity index is 831. The molecule has 11 heteroatoms. The smallest absolute Gasteiger partial charge is 1.00 e. The summed E-state index contributed by atoms with van der Waals surface area (Å²) in [7, 11) is 0. The van der Waals surface area contributed by atoms with E-state index in [9.17, 15) is 0 Å². The molecular weight excluding hydrogens is 523 g/mol. The van der Waals surface area contributed by atoms with Crippen molar-refractivity contribution in [2.45, 2.75) is 0 Å². The molecule has 0 radical (unpaired) electrons. The fourth-order valence-corrected chi connectivity index (χ4v) is 2.01. The summed E-state index contributed by atoms with van der Waals surface area (Å²) in [5, 5.41) is 22.8. The summed E-state index contributed by atoms with van der Waals surface area (Å²) in [6.45, 7) is 0. The van der Waals surface area contributed by atoms with Gasteiger partial charge in [0.2, 0.25) is 0 Å². The van der Waals surface area contributed by atoms with E-state index in [4.69, 9.17) is 15.0 Å². The number of nitrogens with one attached hydrogen (secondary N) is 2. The number of hydrogen-bond acceptors (Lipinski definition) is 9. The molecule has 0 aliphatic carbocycles. The van der Waals surface area contributed by atoms with Gasteiger partial charge in [-0.15, -0.1) is 0 Å². The van der Waals surface area contributed by atoms with Crippen LogP contribution in [0, 0.1) is 0 Å². The van der Waals surface area contributed by atoms with Crippen LogP contribution in [-0.4, -0.2) is 26.1 Å². The van der Waals surface area contributed by atoms with Crippen molar-refractivity contribution in [1.82, 2.24) is 19.9 Å². The number of anilines is 4. The molecule has 0 aliphatic rings. The van der Waals surface area contributed by atoms with Crippen LogP contribution in [-0.2, 0) is 16.8 Å². The van der Waals surface area contributed by atoms with Crippen LogP contribution in [0.5, 0.6) is 0 Å². The second-order valence-electron chi connectivity index (χ2n) is 5.36. The van der Waals surface area contributed by atoms with Crippen molar-refractivity contribution in [2.75, 3.05) is 10.6 Å². The van der Waals surface area contributed by atoms with Crippen LogP contribution in [0.25, 0.3) is 0 Å². The molecule has 2 N–H and O–H groups in total. The van der Waals surface area contributed by atoms with Crippen LogP contribution in [0.1, 0.15) is 0 Å². The maximum atomic E-state index is 8.33. The van der Waals surface area contributed by atoms with Gasteiger partial charge in [-0.1, -0.05) is 24.3 Å². The summed E-state index contributed by atoms with van der Waals surface area (Å²) in [5.41, 5.74) is 0. The molecule has 0 saturated heterocycles. The van der Waals surface area contributed by atoms with E-state index in [1.54, 1.807) is 24.8 Å².